The van der Waals surface area contributed by atoms with Gasteiger partial charge in [0.2, 0.25) is 0 Å². The maximum absolute atomic E-state index is 11.0. The van der Waals surface area contributed by atoms with Crippen molar-refractivity contribution in [3.63, 3.8) is 0 Å². The first-order valence-corrected chi connectivity index (χ1v) is 6.06. The number of nitrogens with zero attached hydrogens (tertiary/aromatic N) is 1. The molecule has 98 valence electrons. The molecule has 2 aromatic carbocycles. The van der Waals surface area contributed by atoms with Crippen LogP contribution in [0.5, 0.6) is 5.75 Å². The van der Waals surface area contributed by atoms with Gasteiger partial charge in [-0.05, 0) is 42.0 Å². The second-order valence-electron chi connectivity index (χ2n) is 4.48. The first-order chi connectivity index (χ1) is 9.63. The largest absolute Gasteiger partial charge is 0.508 e. The average Bonchev–Trinajstić information content (AvgIpc) is 2.47. The van der Waals surface area contributed by atoms with Gasteiger partial charge in [-0.2, -0.15) is 0 Å². The number of carboxylic acid groups (broad SMARTS) is 1. The van der Waals surface area contributed by atoms with Crippen molar-refractivity contribution >= 4 is 16.9 Å². The van der Waals surface area contributed by atoms with E-state index >= 15 is 0 Å². The van der Waals surface area contributed by atoms with E-state index in [-0.39, 0.29) is 11.3 Å². The summed E-state index contributed by atoms with van der Waals surface area (Å²) in [6, 6.07) is 13.5. The summed E-state index contributed by atoms with van der Waals surface area (Å²) < 4.78 is 0. The van der Waals surface area contributed by atoms with Crippen molar-refractivity contribution in [2.45, 2.75) is 0 Å². The van der Waals surface area contributed by atoms with Gasteiger partial charge >= 0.3 is 5.97 Å². The zero-order valence-electron chi connectivity index (χ0n) is 10.4. The van der Waals surface area contributed by atoms with E-state index in [0.29, 0.717) is 0 Å². The molecule has 0 atom stereocenters. The Balaban J connectivity index is 2.13. The lowest BCUT2D eigenvalue weighted by atomic mass is 10.0. The number of pyridine rings is 1. The minimum atomic E-state index is -0.957. The van der Waals surface area contributed by atoms with Gasteiger partial charge in [0.1, 0.15) is 5.75 Å². The standard InChI is InChI=1S/C16H11NO3/c18-14-4-1-10(2-5-14)13-8-12-7-11(16(19)20)3-6-15(12)17-9-13/h1-9,18H,(H,19,20). The topological polar surface area (TPSA) is 70.4 Å². The van der Waals surface area contributed by atoms with Crippen LogP contribution in [0.1, 0.15) is 10.4 Å². The highest BCUT2D eigenvalue weighted by Gasteiger charge is 2.06. The average molecular weight is 265 g/mol. The molecule has 1 aromatic heterocycles. The fourth-order valence-electron chi connectivity index (χ4n) is 2.08. The van der Waals surface area contributed by atoms with Crippen LogP contribution in [0.4, 0.5) is 0 Å². The highest BCUT2D eigenvalue weighted by Crippen LogP contribution is 2.25. The van der Waals surface area contributed by atoms with Crippen LogP contribution in [0.25, 0.3) is 22.0 Å². The molecular weight excluding hydrogens is 254 g/mol. The molecule has 4 nitrogen and oxygen atoms in total. The third-order valence-corrected chi connectivity index (χ3v) is 3.13. The summed E-state index contributed by atoms with van der Waals surface area (Å²) in [4.78, 5) is 15.3. The minimum Gasteiger partial charge on any atom is -0.508 e. The number of phenols is 1. The summed E-state index contributed by atoms with van der Waals surface area (Å²) >= 11 is 0. The molecule has 0 saturated heterocycles. The number of carbonyl (C=O) groups is 1. The number of aromatic hydroxyl groups is 1. The summed E-state index contributed by atoms with van der Waals surface area (Å²) in [5, 5.41) is 19.1. The molecule has 0 aliphatic heterocycles. The molecule has 4 heteroatoms. The van der Waals surface area contributed by atoms with Gasteiger partial charge in [0.15, 0.2) is 0 Å². The van der Waals surface area contributed by atoms with Crippen LogP contribution >= 0.6 is 0 Å². The summed E-state index contributed by atoms with van der Waals surface area (Å²) in [6.45, 7) is 0. The molecule has 2 N–H and O–H groups in total. The van der Waals surface area contributed by atoms with E-state index < -0.39 is 5.97 Å². The second-order valence-corrected chi connectivity index (χ2v) is 4.48. The lowest BCUT2D eigenvalue weighted by molar-refractivity contribution is 0.0697. The smallest absolute Gasteiger partial charge is 0.335 e. The highest BCUT2D eigenvalue weighted by atomic mass is 16.4. The van der Waals surface area contributed by atoms with Gasteiger partial charge in [-0.1, -0.05) is 12.1 Å². The van der Waals surface area contributed by atoms with Crippen molar-refractivity contribution in [3.05, 3.63) is 60.3 Å². The molecule has 0 saturated carbocycles. The molecule has 3 rings (SSSR count). The Bertz CT molecular complexity index is 794. The molecule has 0 spiro atoms. The van der Waals surface area contributed by atoms with Crippen LogP contribution in [0.3, 0.4) is 0 Å². The van der Waals surface area contributed by atoms with Crippen molar-refractivity contribution < 1.29 is 15.0 Å². The maximum atomic E-state index is 11.0. The van der Waals surface area contributed by atoms with E-state index in [0.717, 1.165) is 22.0 Å². The molecule has 0 aliphatic carbocycles. The van der Waals surface area contributed by atoms with Gasteiger partial charge in [-0.15, -0.1) is 0 Å². The fraction of sp³-hybridized carbons (Fsp3) is 0. The summed E-state index contributed by atoms with van der Waals surface area (Å²) in [7, 11) is 0. The number of aromatic nitrogens is 1. The van der Waals surface area contributed by atoms with Crippen molar-refractivity contribution in [3.8, 4) is 16.9 Å². The molecular formula is C16H11NO3. The number of fused-ring (bicyclic) bond motifs is 1. The normalized spacial score (nSPS) is 10.6. The number of phenolic OH excluding ortho intramolecular Hbond substituents is 1. The van der Waals surface area contributed by atoms with Crippen molar-refractivity contribution in [1.82, 2.24) is 4.98 Å². The molecule has 3 aromatic rings. The number of rotatable bonds is 2. The molecule has 0 bridgehead atoms. The lowest BCUT2D eigenvalue weighted by Crippen LogP contribution is -1.95. The minimum absolute atomic E-state index is 0.204. The van der Waals surface area contributed by atoms with Crippen LogP contribution in [0.2, 0.25) is 0 Å². The van der Waals surface area contributed by atoms with Crippen LogP contribution in [0.15, 0.2) is 54.7 Å². The van der Waals surface area contributed by atoms with E-state index in [9.17, 15) is 9.90 Å². The predicted octanol–water partition coefficient (Wildman–Crippen LogP) is 3.31. The summed E-state index contributed by atoms with van der Waals surface area (Å²) in [5.74, 6) is -0.752. The number of aromatic carboxylic acids is 1. The molecule has 20 heavy (non-hydrogen) atoms. The Hall–Kier alpha value is -2.88. The van der Waals surface area contributed by atoms with Gasteiger partial charge in [-0.3, -0.25) is 4.98 Å². The summed E-state index contributed by atoms with van der Waals surface area (Å²) in [5.41, 5.74) is 2.78. The van der Waals surface area contributed by atoms with Crippen LogP contribution < -0.4 is 0 Å². The molecule has 0 radical (unpaired) electrons. The third-order valence-electron chi connectivity index (χ3n) is 3.13. The van der Waals surface area contributed by atoms with E-state index in [1.54, 1.807) is 42.6 Å². The number of benzene rings is 2. The first kappa shape index (κ1) is 12.2. The van der Waals surface area contributed by atoms with Crippen molar-refractivity contribution in [2.75, 3.05) is 0 Å². The van der Waals surface area contributed by atoms with Gasteiger partial charge in [0.25, 0.3) is 0 Å². The van der Waals surface area contributed by atoms with Gasteiger partial charge in [0, 0.05) is 17.1 Å². The number of hydrogen-bond acceptors (Lipinski definition) is 3. The summed E-state index contributed by atoms with van der Waals surface area (Å²) in [6.07, 6.45) is 1.73. The maximum Gasteiger partial charge on any atom is 0.335 e. The van der Waals surface area contributed by atoms with Crippen molar-refractivity contribution in [1.29, 1.82) is 0 Å². The van der Waals surface area contributed by atoms with E-state index in [2.05, 4.69) is 4.98 Å². The van der Waals surface area contributed by atoms with Gasteiger partial charge < -0.3 is 10.2 Å². The monoisotopic (exact) mass is 265 g/mol. The Morgan fingerprint density at radius 1 is 0.950 bits per heavy atom. The number of carboxylic acids is 1. The SMILES string of the molecule is O=C(O)c1ccc2ncc(-c3ccc(O)cc3)cc2c1. The quantitative estimate of drug-likeness (QED) is 0.745. The molecule has 0 aliphatic rings. The van der Waals surface area contributed by atoms with Crippen LogP contribution in [-0.2, 0) is 0 Å². The van der Waals surface area contributed by atoms with E-state index in [1.807, 2.05) is 6.07 Å². The molecule has 0 unspecified atom stereocenters. The van der Waals surface area contributed by atoms with Crippen LogP contribution in [-0.4, -0.2) is 21.2 Å². The van der Waals surface area contributed by atoms with Crippen molar-refractivity contribution in [2.24, 2.45) is 0 Å². The van der Waals surface area contributed by atoms with Gasteiger partial charge in [-0.25, -0.2) is 4.79 Å². The zero-order valence-corrected chi connectivity index (χ0v) is 10.4. The molecule has 0 amide bonds. The molecule has 0 fully saturated rings. The third kappa shape index (κ3) is 2.19. The lowest BCUT2D eigenvalue weighted by Gasteiger charge is -2.04. The fourth-order valence-corrected chi connectivity index (χ4v) is 2.08. The van der Waals surface area contributed by atoms with Crippen LogP contribution in [0, 0.1) is 0 Å². The van der Waals surface area contributed by atoms with E-state index in [1.165, 1.54) is 6.07 Å². The van der Waals surface area contributed by atoms with Gasteiger partial charge in [0.05, 0.1) is 11.1 Å². The zero-order chi connectivity index (χ0) is 14.1. The predicted molar refractivity (Wildman–Crippen MR) is 75.8 cm³/mol. The Morgan fingerprint density at radius 3 is 2.40 bits per heavy atom. The highest BCUT2D eigenvalue weighted by molar-refractivity contribution is 5.94. The van der Waals surface area contributed by atoms with E-state index in [4.69, 9.17) is 5.11 Å². The molecule has 1 heterocycles. The Kier molecular flexibility index (Phi) is 2.84. The second kappa shape index (κ2) is 4.66. The number of hydrogen-bond donors (Lipinski definition) is 2. The first-order valence-electron chi connectivity index (χ1n) is 6.06. The Labute approximate surface area is 115 Å². The Morgan fingerprint density at radius 2 is 1.70 bits per heavy atom.